The first-order valence-corrected chi connectivity index (χ1v) is 9.62. The van der Waals surface area contributed by atoms with Gasteiger partial charge in [0.25, 0.3) is 5.91 Å². The Morgan fingerprint density at radius 3 is 2.57 bits per heavy atom. The van der Waals surface area contributed by atoms with Crippen molar-refractivity contribution in [1.82, 2.24) is 15.6 Å². The van der Waals surface area contributed by atoms with Gasteiger partial charge in [-0.05, 0) is 43.5 Å². The Bertz CT molecular complexity index is 970. The number of benzene rings is 1. The Labute approximate surface area is 173 Å². The molecule has 1 aromatic heterocycles. The summed E-state index contributed by atoms with van der Waals surface area (Å²) in [6.45, 7) is 4.85. The molecule has 160 valence electrons. The van der Waals surface area contributed by atoms with E-state index in [-0.39, 0.29) is 17.1 Å². The highest BCUT2D eigenvalue weighted by atomic mass is 19.4. The minimum Gasteiger partial charge on any atom is -0.370 e. The molecule has 0 bridgehead atoms. The molecule has 30 heavy (non-hydrogen) atoms. The Morgan fingerprint density at radius 2 is 2.00 bits per heavy atom. The average molecular weight is 419 g/mol. The van der Waals surface area contributed by atoms with Crippen molar-refractivity contribution < 1.29 is 18.0 Å². The van der Waals surface area contributed by atoms with Gasteiger partial charge in [-0.15, -0.1) is 0 Å². The molecule has 3 rings (SSSR count). The van der Waals surface area contributed by atoms with Crippen LogP contribution >= 0.6 is 0 Å². The first kappa shape index (κ1) is 21.6. The van der Waals surface area contributed by atoms with Gasteiger partial charge in [-0.1, -0.05) is 12.1 Å². The van der Waals surface area contributed by atoms with Crippen molar-refractivity contribution in [3.05, 3.63) is 58.4 Å². The molecule has 0 spiro atoms. The summed E-state index contributed by atoms with van der Waals surface area (Å²) in [5.74, 6) is -0.512. The zero-order chi connectivity index (χ0) is 22.1. The van der Waals surface area contributed by atoms with Gasteiger partial charge in [0.2, 0.25) is 0 Å². The van der Waals surface area contributed by atoms with Crippen molar-refractivity contribution in [2.75, 3.05) is 25.0 Å². The number of carbonyl (C=O) groups excluding carboxylic acids is 1. The second-order valence-corrected chi connectivity index (χ2v) is 7.27. The summed E-state index contributed by atoms with van der Waals surface area (Å²) < 4.78 is 39.7. The number of amides is 1. The van der Waals surface area contributed by atoms with E-state index in [2.05, 4.69) is 20.5 Å². The fraction of sp³-hybridized carbons (Fsp3) is 0.381. The standard InChI is InChI=1S/C21H24F3N5O/c1-12-15(6-4-7-17(12)21(22,23)24)13(2)28-19(25)16-10-14(29-8-5-9-29)11-27-18(16)20(30)26-3/h4,6-7,10-11,13H,5,8-9H2,1-3H3,(H2,25,28)(H,26,30)/t13-/m1/s1. The van der Waals surface area contributed by atoms with Crippen LogP contribution in [0.4, 0.5) is 18.9 Å². The third kappa shape index (κ3) is 4.24. The molecular weight excluding hydrogens is 395 g/mol. The molecular formula is C21H24F3N5O. The molecule has 1 fully saturated rings. The first-order valence-electron chi connectivity index (χ1n) is 9.62. The molecule has 1 amide bonds. The van der Waals surface area contributed by atoms with E-state index in [4.69, 9.17) is 5.41 Å². The van der Waals surface area contributed by atoms with Gasteiger partial charge in [0, 0.05) is 25.7 Å². The second kappa shape index (κ2) is 8.33. The molecule has 0 radical (unpaired) electrons. The maximum atomic E-state index is 13.2. The van der Waals surface area contributed by atoms with Gasteiger partial charge in [-0.25, -0.2) is 4.98 Å². The number of alkyl halides is 3. The molecule has 2 heterocycles. The molecule has 6 nitrogen and oxygen atoms in total. The molecule has 2 aromatic rings. The van der Waals surface area contributed by atoms with Gasteiger partial charge < -0.3 is 15.5 Å². The Balaban J connectivity index is 1.91. The number of halogens is 3. The average Bonchev–Trinajstić information content (AvgIpc) is 2.65. The SMILES string of the molecule is CNC(=O)c1ncc(N2CCC2)cc1C(=N)N[C@H](C)c1cccc(C(F)(F)F)c1C. The molecule has 1 atom stereocenters. The van der Waals surface area contributed by atoms with Crippen LogP contribution in [0.25, 0.3) is 0 Å². The summed E-state index contributed by atoms with van der Waals surface area (Å²) >= 11 is 0. The lowest BCUT2D eigenvalue weighted by Crippen LogP contribution is -2.38. The summed E-state index contributed by atoms with van der Waals surface area (Å²) in [5.41, 5.74) is 1.04. The minimum atomic E-state index is -4.45. The van der Waals surface area contributed by atoms with Crippen molar-refractivity contribution >= 4 is 17.4 Å². The fourth-order valence-electron chi connectivity index (χ4n) is 3.49. The molecule has 0 saturated carbocycles. The number of hydrogen-bond acceptors (Lipinski definition) is 4. The number of nitrogens with zero attached hydrogens (tertiary/aromatic N) is 2. The highest BCUT2D eigenvalue weighted by Crippen LogP contribution is 2.34. The van der Waals surface area contributed by atoms with Crippen LogP contribution in [0.5, 0.6) is 0 Å². The lowest BCUT2D eigenvalue weighted by molar-refractivity contribution is -0.138. The third-order valence-corrected chi connectivity index (χ3v) is 5.31. The van der Waals surface area contributed by atoms with E-state index in [1.165, 1.54) is 20.0 Å². The van der Waals surface area contributed by atoms with Gasteiger partial charge in [0.1, 0.15) is 11.5 Å². The normalized spacial score (nSPS) is 14.7. The summed E-state index contributed by atoms with van der Waals surface area (Å²) in [7, 11) is 1.48. The molecule has 0 aliphatic carbocycles. The van der Waals surface area contributed by atoms with E-state index in [0.29, 0.717) is 11.1 Å². The maximum Gasteiger partial charge on any atom is 0.416 e. The predicted octanol–water partition coefficient (Wildman–Crippen LogP) is 3.65. The summed E-state index contributed by atoms with van der Waals surface area (Å²) in [5, 5.41) is 13.9. The molecule has 1 aromatic carbocycles. The second-order valence-electron chi connectivity index (χ2n) is 7.27. The van der Waals surface area contributed by atoms with E-state index in [9.17, 15) is 18.0 Å². The van der Waals surface area contributed by atoms with Gasteiger partial charge in [0.15, 0.2) is 0 Å². The molecule has 0 unspecified atom stereocenters. The van der Waals surface area contributed by atoms with E-state index < -0.39 is 23.7 Å². The topological polar surface area (TPSA) is 81.1 Å². The lowest BCUT2D eigenvalue weighted by atomic mass is 9.97. The van der Waals surface area contributed by atoms with Crippen LogP contribution in [0, 0.1) is 12.3 Å². The van der Waals surface area contributed by atoms with Crippen LogP contribution < -0.4 is 15.5 Å². The molecule has 9 heteroatoms. The third-order valence-electron chi connectivity index (χ3n) is 5.31. The van der Waals surface area contributed by atoms with Crippen molar-refractivity contribution in [2.45, 2.75) is 32.5 Å². The zero-order valence-electron chi connectivity index (χ0n) is 17.0. The number of rotatable bonds is 5. The van der Waals surface area contributed by atoms with Crippen LogP contribution in [-0.2, 0) is 6.18 Å². The summed E-state index contributed by atoms with van der Waals surface area (Å²) in [6.07, 6.45) is -1.79. The quantitative estimate of drug-likeness (QED) is 0.510. The maximum absolute atomic E-state index is 13.2. The summed E-state index contributed by atoms with van der Waals surface area (Å²) in [6, 6.07) is 5.14. The summed E-state index contributed by atoms with van der Waals surface area (Å²) in [4.78, 5) is 18.5. The minimum absolute atomic E-state index is 0.0761. The van der Waals surface area contributed by atoms with E-state index >= 15 is 0 Å². The Morgan fingerprint density at radius 1 is 1.30 bits per heavy atom. The van der Waals surface area contributed by atoms with Crippen LogP contribution in [0.3, 0.4) is 0 Å². The van der Waals surface area contributed by atoms with Crippen LogP contribution in [0.1, 0.15) is 52.1 Å². The lowest BCUT2D eigenvalue weighted by Gasteiger charge is -2.33. The first-order chi connectivity index (χ1) is 14.1. The number of amidine groups is 1. The highest BCUT2D eigenvalue weighted by Gasteiger charge is 2.33. The monoisotopic (exact) mass is 419 g/mol. The smallest absolute Gasteiger partial charge is 0.370 e. The van der Waals surface area contributed by atoms with Gasteiger partial charge in [-0.3, -0.25) is 10.2 Å². The number of pyridine rings is 1. The van der Waals surface area contributed by atoms with Gasteiger partial charge >= 0.3 is 6.18 Å². The number of hydrogen-bond donors (Lipinski definition) is 3. The van der Waals surface area contributed by atoms with Crippen LogP contribution in [0.2, 0.25) is 0 Å². The molecule has 1 saturated heterocycles. The Hall–Kier alpha value is -3.10. The van der Waals surface area contributed by atoms with Crippen molar-refractivity contribution in [3.8, 4) is 0 Å². The van der Waals surface area contributed by atoms with Gasteiger partial charge in [0.05, 0.1) is 23.5 Å². The largest absolute Gasteiger partial charge is 0.416 e. The fourth-order valence-corrected chi connectivity index (χ4v) is 3.49. The Kier molecular flexibility index (Phi) is 6.00. The number of anilines is 1. The van der Waals surface area contributed by atoms with Crippen LogP contribution in [0.15, 0.2) is 30.5 Å². The molecule has 1 aliphatic rings. The highest BCUT2D eigenvalue weighted by molar-refractivity contribution is 6.07. The molecule has 1 aliphatic heterocycles. The van der Waals surface area contributed by atoms with Crippen molar-refractivity contribution in [3.63, 3.8) is 0 Å². The number of nitrogens with one attached hydrogen (secondary N) is 3. The van der Waals surface area contributed by atoms with Crippen molar-refractivity contribution in [2.24, 2.45) is 0 Å². The van der Waals surface area contributed by atoms with E-state index in [0.717, 1.165) is 31.3 Å². The van der Waals surface area contributed by atoms with Crippen LogP contribution in [-0.4, -0.2) is 36.9 Å². The number of aromatic nitrogens is 1. The number of carbonyl (C=O) groups is 1. The van der Waals surface area contributed by atoms with Gasteiger partial charge in [-0.2, -0.15) is 13.2 Å². The van der Waals surface area contributed by atoms with Crippen molar-refractivity contribution in [1.29, 1.82) is 5.41 Å². The molecule has 3 N–H and O–H groups in total. The van der Waals surface area contributed by atoms with E-state index in [1.54, 1.807) is 25.3 Å². The van der Waals surface area contributed by atoms with E-state index in [1.807, 2.05) is 0 Å². The zero-order valence-corrected chi connectivity index (χ0v) is 17.0. The predicted molar refractivity (Wildman–Crippen MR) is 109 cm³/mol.